The van der Waals surface area contributed by atoms with E-state index in [0.717, 1.165) is 12.8 Å². The van der Waals surface area contributed by atoms with Gasteiger partial charge in [-0.3, -0.25) is 4.79 Å². The summed E-state index contributed by atoms with van der Waals surface area (Å²) in [4.78, 5) is 22.8. The molecule has 0 unspecified atom stereocenters. The van der Waals surface area contributed by atoms with Crippen LogP contribution in [0.1, 0.15) is 19.8 Å². The first-order chi connectivity index (χ1) is 6.72. The van der Waals surface area contributed by atoms with E-state index >= 15 is 0 Å². The van der Waals surface area contributed by atoms with Crippen LogP contribution < -0.4 is 10.6 Å². The Morgan fingerprint density at radius 1 is 1.57 bits per heavy atom. The number of nitrogens with one attached hydrogen (secondary N) is 2. The van der Waals surface area contributed by atoms with Gasteiger partial charge in [-0.2, -0.15) is 0 Å². The molecule has 14 heavy (non-hydrogen) atoms. The maximum absolute atomic E-state index is 11.5. The van der Waals surface area contributed by atoms with Gasteiger partial charge in [0.25, 0.3) is 0 Å². The summed E-state index contributed by atoms with van der Waals surface area (Å²) in [5.41, 5.74) is 0. The van der Waals surface area contributed by atoms with Crippen molar-refractivity contribution in [2.24, 2.45) is 0 Å². The summed E-state index contributed by atoms with van der Waals surface area (Å²) >= 11 is 0. The second-order valence-corrected chi connectivity index (χ2v) is 3.64. The van der Waals surface area contributed by atoms with Gasteiger partial charge in [-0.1, -0.05) is 0 Å². The molecule has 0 aromatic rings. The third-order valence-electron chi connectivity index (χ3n) is 2.74. The number of hydrogen-bond donors (Lipinski definition) is 2. The fraction of sp³-hybridized carbons (Fsp3) is 0.778. The van der Waals surface area contributed by atoms with Crippen LogP contribution in [0.2, 0.25) is 0 Å². The minimum atomic E-state index is -0.499. The van der Waals surface area contributed by atoms with E-state index in [1.807, 2.05) is 0 Å². The van der Waals surface area contributed by atoms with Crippen LogP contribution in [0.5, 0.6) is 0 Å². The van der Waals surface area contributed by atoms with E-state index in [9.17, 15) is 9.59 Å². The Labute approximate surface area is 82.2 Å². The Bertz CT molecular complexity index is 267. The largest absolute Gasteiger partial charge is 0.464 e. The minimum absolute atomic E-state index is 0.0525. The lowest BCUT2D eigenvalue weighted by molar-refractivity contribution is -0.149. The Morgan fingerprint density at radius 3 is 3.07 bits per heavy atom. The molecule has 3 atom stereocenters. The van der Waals surface area contributed by atoms with Crippen molar-refractivity contribution in [3.05, 3.63) is 0 Å². The van der Waals surface area contributed by atoms with Crippen LogP contribution in [0.4, 0.5) is 0 Å². The molecule has 0 spiro atoms. The highest BCUT2D eigenvalue weighted by molar-refractivity contribution is 5.90. The number of ether oxygens (including phenoxy) is 1. The van der Waals surface area contributed by atoms with Crippen molar-refractivity contribution in [1.82, 2.24) is 10.6 Å². The van der Waals surface area contributed by atoms with Gasteiger partial charge in [0, 0.05) is 6.04 Å². The van der Waals surface area contributed by atoms with Gasteiger partial charge in [-0.05, 0) is 19.8 Å². The third kappa shape index (κ3) is 1.48. The molecule has 2 aliphatic rings. The first-order valence-corrected chi connectivity index (χ1v) is 4.95. The highest BCUT2D eigenvalue weighted by Gasteiger charge is 2.43. The van der Waals surface area contributed by atoms with Gasteiger partial charge >= 0.3 is 5.97 Å². The second-order valence-electron chi connectivity index (χ2n) is 3.64. The molecule has 1 amide bonds. The Kier molecular flexibility index (Phi) is 2.41. The van der Waals surface area contributed by atoms with Crippen LogP contribution in [0.3, 0.4) is 0 Å². The topological polar surface area (TPSA) is 67.4 Å². The molecule has 0 aromatic heterocycles. The summed E-state index contributed by atoms with van der Waals surface area (Å²) in [6.07, 6.45) is 1.67. The van der Waals surface area contributed by atoms with Gasteiger partial charge < -0.3 is 15.4 Å². The van der Waals surface area contributed by atoms with Crippen molar-refractivity contribution in [1.29, 1.82) is 0 Å². The molecule has 2 saturated heterocycles. The molecule has 2 fully saturated rings. The first-order valence-electron chi connectivity index (χ1n) is 4.95. The van der Waals surface area contributed by atoms with Crippen molar-refractivity contribution in [3.8, 4) is 0 Å². The van der Waals surface area contributed by atoms with Crippen molar-refractivity contribution in [2.75, 3.05) is 6.61 Å². The molecule has 0 radical (unpaired) electrons. The normalized spacial score (nSPS) is 35.2. The van der Waals surface area contributed by atoms with E-state index in [-0.39, 0.29) is 24.0 Å². The lowest BCUT2D eigenvalue weighted by atomic mass is 10.1. The fourth-order valence-corrected chi connectivity index (χ4v) is 2.05. The van der Waals surface area contributed by atoms with Crippen LogP contribution in [0.15, 0.2) is 0 Å². The molecule has 2 N–H and O–H groups in total. The zero-order valence-corrected chi connectivity index (χ0v) is 8.08. The smallest absolute Gasteiger partial charge is 0.330 e. The van der Waals surface area contributed by atoms with Crippen molar-refractivity contribution in [2.45, 2.75) is 37.9 Å². The highest BCUT2D eigenvalue weighted by atomic mass is 16.5. The number of hydrogen-bond acceptors (Lipinski definition) is 4. The summed E-state index contributed by atoms with van der Waals surface area (Å²) in [5, 5.41) is 5.80. The van der Waals surface area contributed by atoms with Gasteiger partial charge in [0.05, 0.1) is 12.6 Å². The summed E-state index contributed by atoms with van der Waals surface area (Å²) in [7, 11) is 0. The lowest BCUT2D eigenvalue weighted by Gasteiger charge is -2.28. The van der Waals surface area contributed by atoms with Gasteiger partial charge in [-0.15, -0.1) is 0 Å². The predicted molar refractivity (Wildman–Crippen MR) is 48.5 cm³/mol. The number of piperazine rings is 1. The maximum Gasteiger partial charge on any atom is 0.330 e. The van der Waals surface area contributed by atoms with E-state index in [4.69, 9.17) is 4.74 Å². The molecule has 2 aliphatic heterocycles. The highest BCUT2D eigenvalue weighted by Crippen LogP contribution is 2.20. The molecule has 78 valence electrons. The molecule has 5 nitrogen and oxygen atoms in total. The van der Waals surface area contributed by atoms with Crippen molar-refractivity contribution < 1.29 is 14.3 Å². The summed E-state index contributed by atoms with van der Waals surface area (Å²) in [6, 6.07) is -0.552. The number of esters is 1. The molecule has 0 aromatic carbocycles. The van der Waals surface area contributed by atoms with Crippen LogP contribution in [0, 0.1) is 0 Å². The second kappa shape index (κ2) is 3.57. The average Bonchev–Trinajstić information content (AvgIpc) is 2.57. The van der Waals surface area contributed by atoms with E-state index in [0.29, 0.717) is 6.61 Å². The summed E-state index contributed by atoms with van der Waals surface area (Å²) in [5.74, 6) is -0.421. The van der Waals surface area contributed by atoms with Crippen LogP contribution >= 0.6 is 0 Å². The van der Waals surface area contributed by atoms with Crippen LogP contribution in [0.25, 0.3) is 0 Å². The molecule has 2 heterocycles. The zero-order valence-electron chi connectivity index (χ0n) is 8.08. The van der Waals surface area contributed by atoms with Gasteiger partial charge in [0.1, 0.15) is 6.04 Å². The maximum atomic E-state index is 11.5. The lowest BCUT2D eigenvalue weighted by Crippen LogP contribution is -2.62. The molecule has 2 bridgehead atoms. The monoisotopic (exact) mass is 198 g/mol. The van der Waals surface area contributed by atoms with Crippen molar-refractivity contribution in [3.63, 3.8) is 0 Å². The number of fused-ring (bicyclic) bond motifs is 2. The summed E-state index contributed by atoms with van der Waals surface area (Å²) < 4.78 is 4.89. The molecule has 0 aliphatic carbocycles. The standard InChI is InChI=1S/C9H14N2O3/c1-2-14-9(13)7-5-3-4-6(10-5)8(12)11-7/h5-7,10H,2-4H2,1H3,(H,11,12)/t5-,6+,7+/m1/s1. The Morgan fingerprint density at radius 2 is 2.36 bits per heavy atom. The van der Waals surface area contributed by atoms with Crippen molar-refractivity contribution >= 4 is 11.9 Å². The Hall–Kier alpha value is -1.10. The molecule has 5 heteroatoms. The van der Waals surface area contributed by atoms with Crippen LogP contribution in [-0.4, -0.2) is 36.6 Å². The predicted octanol–water partition coefficient (Wildman–Crippen LogP) is -0.831. The number of carbonyl (C=O) groups excluding carboxylic acids is 2. The van der Waals surface area contributed by atoms with E-state index in [1.54, 1.807) is 6.92 Å². The SMILES string of the molecule is CCOC(=O)[C@H]1NC(=O)[C@@H]2CC[C@H]1N2. The molecule has 0 saturated carbocycles. The fourth-order valence-electron chi connectivity index (χ4n) is 2.05. The number of carbonyl (C=O) groups is 2. The zero-order chi connectivity index (χ0) is 10.1. The third-order valence-corrected chi connectivity index (χ3v) is 2.74. The first kappa shape index (κ1) is 9.45. The van der Waals surface area contributed by atoms with Gasteiger partial charge in [-0.25, -0.2) is 4.79 Å². The average molecular weight is 198 g/mol. The minimum Gasteiger partial charge on any atom is -0.464 e. The molecule has 2 rings (SSSR count). The number of rotatable bonds is 2. The van der Waals surface area contributed by atoms with Gasteiger partial charge in [0.2, 0.25) is 5.91 Å². The van der Waals surface area contributed by atoms with E-state index in [1.165, 1.54) is 0 Å². The van der Waals surface area contributed by atoms with Gasteiger partial charge in [0.15, 0.2) is 0 Å². The quantitative estimate of drug-likeness (QED) is 0.568. The van der Waals surface area contributed by atoms with E-state index in [2.05, 4.69) is 10.6 Å². The summed E-state index contributed by atoms with van der Waals surface area (Å²) in [6.45, 7) is 2.11. The molecular formula is C9H14N2O3. The van der Waals surface area contributed by atoms with E-state index < -0.39 is 6.04 Å². The Balaban J connectivity index is 2.05. The number of amides is 1. The van der Waals surface area contributed by atoms with Crippen LogP contribution in [-0.2, 0) is 14.3 Å². The molecular weight excluding hydrogens is 184 g/mol.